The van der Waals surface area contributed by atoms with Crippen molar-refractivity contribution in [2.45, 2.75) is 33.9 Å². The zero-order valence-corrected chi connectivity index (χ0v) is 22.9. The van der Waals surface area contributed by atoms with Crippen LogP contribution in [0.4, 0.5) is 0 Å². The van der Waals surface area contributed by atoms with Gasteiger partial charge in [-0.1, -0.05) is 68.1 Å². The van der Waals surface area contributed by atoms with Crippen molar-refractivity contribution in [1.82, 2.24) is 9.88 Å². The first-order valence-corrected chi connectivity index (χ1v) is 13.5. The van der Waals surface area contributed by atoms with Gasteiger partial charge in [0.2, 0.25) is 5.89 Å². The highest BCUT2D eigenvalue weighted by Gasteiger charge is 2.14. The SMILES string of the molecule is C.Cc1oc(-c2ccccc2)nc1CCOc1cccc(CN(CC(=O)O)Cc2ccc(Oc3ccccc3)cc2)c1. The highest BCUT2D eigenvalue weighted by Crippen LogP contribution is 2.24. The molecule has 7 heteroatoms. The minimum atomic E-state index is -0.876. The summed E-state index contributed by atoms with van der Waals surface area (Å²) in [4.78, 5) is 18.1. The summed E-state index contributed by atoms with van der Waals surface area (Å²) in [6.07, 6.45) is 0.613. The van der Waals surface area contributed by atoms with Gasteiger partial charge in [-0.05, 0) is 66.6 Å². The van der Waals surface area contributed by atoms with Crippen LogP contribution in [0, 0.1) is 6.92 Å². The summed E-state index contributed by atoms with van der Waals surface area (Å²) in [5, 5.41) is 9.52. The van der Waals surface area contributed by atoms with Crippen LogP contribution in [-0.4, -0.2) is 34.1 Å². The number of rotatable bonds is 13. The van der Waals surface area contributed by atoms with Gasteiger partial charge in [0.05, 0.1) is 18.8 Å². The maximum absolute atomic E-state index is 11.6. The molecular weight excluding hydrogens is 528 g/mol. The molecule has 0 aliphatic rings. The number of hydrogen-bond donors (Lipinski definition) is 1. The molecule has 42 heavy (non-hydrogen) atoms. The number of aromatic nitrogens is 1. The zero-order valence-electron chi connectivity index (χ0n) is 22.9. The standard InChI is InChI=1S/C34H32N2O5.CH4/c1-25-32(35-34(40-25)28-10-4-2-5-11-28)19-20-39-31-14-8-9-27(21-31)23-36(24-33(37)38)22-26-15-17-30(18-16-26)41-29-12-6-3-7-13-29;/h2-18,21H,19-20,22-24H2,1H3,(H,37,38);1H4. The van der Waals surface area contributed by atoms with Crippen LogP contribution in [0.2, 0.25) is 0 Å². The van der Waals surface area contributed by atoms with Crippen LogP contribution in [0.1, 0.15) is 30.0 Å². The van der Waals surface area contributed by atoms with Crippen LogP contribution in [0.15, 0.2) is 114 Å². The van der Waals surface area contributed by atoms with E-state index in [4.69, 9.17) is 13.9 Å². The molecule has 216 valence electrons. The van der Waals surface area contributed by atoms with Gasteiger partial charge < -0.3 is 19.0 Å². The Morgan fingerprint density at radius 3 is 2.17 bits per heavy atom. The Morgan fingerprint density at radius 1 is 0.810 bits per heavy atom. The van der Waals surface area contributed by atoms with Crippen molar-refractivity contribution in [3.8, 4) is 28.7 Å². The molecule has 0 saturated carbocycles. The van der Waals surface area contributed by atoms with E-state index in [1.807, 2.05) is 121 Å². The maximum Gasteiger partial charge on any atom is 0.317 e. The molecule has 0 fully saturated rings. The van der Waals surface area contributed by atoms with Gasteiger partial charge in [0.25, 0.3) is 0 Å². The van der Waals surface area contributed by atoms with E-state index in [2.05, 4.69) is 4.98 Å². The normalized spacial score (nSPS) is 10.7. The minimum absolute atomic E-state index is 0. The van der Waals surface area contributed by atoms with Crippen LogP contribution < -0.4 is 9.47 Å². The molecular formula is C35H36N2O5. The Balaban J connectivity index is 0.00000405. The average Bonchev–Trinajstić information content (AvgIpc) is 3.35. The van der Waals surface area contributed by atoms with Gasteiger partial charge in [-0.15, -0.1) is 0 Å². The maximum atomic E-state index is 11.6. The molecule has 0 saturated heterocycles. The number of carboxylic acids is 1. The van der Waals surface area contributed by atoms with Crippen molar-refractivity contribution in [3.05, 3.63) is 132 Å². The summed E-state index contributed by atoms with van der Waals surface area (Å²) in [6.45, 7) is 3.23. The number of nitrogens with zero attached hydrogens (tertiary/aromatic N) is 2. The van der Waals surface area contributed by atoms with Crippen molar-refractivity contribution in [1.29, 1.82) is 0 Å². The smallest absolute Gasteiger partial charge is 0.317 e. The van der Waals surface area contributed by atoms with E-state index in [0.717, 1.165) is 45.4 Å². The van der Waals surface area contributed by atoms with Gasteiger partial charge in [-0.3, -0.25) is 9.69 Å². The van der Waals surface area contributed by atoms with Gasteiger partial charge >= 0.3 is 5.97 Å². The molecule has 1 aromatic heterocycles. The first kappa shape index (κ1) is 30.1. The van der Waals surface area contributed by atoms with Crippen LogP contribution in [-0.2, 0) is 24.3 Å². The number of carbonyl (C=O) groups is 1. The fourth-order valence-corrected chi connectivity index (χ4v) is 4.53. The topological polar surface area (TPSA) is 85.0 Å². The Hall–Kier alpha value is -4.88. The summed E-state index contributed by atoms with van der Waals surface area (Å²) in [7, 11) is 0. The number of benzene rings is 4. The molecule has 0 unspecified atom stereocenters. The molecule has 5 rings (SSSR count). The summed E-state index contributed by atoms with van der Waals surface area (Å²) < 4.78 is 17.8. The van der Waals surface area contributed by atoms with Gasteiger partial charge in [0.15, 0.2) is 0 Å². The van der Waals surface area contributed by atoms with E-state index in [-0.39, 0.29) is 14.0 Å². The lowest BCUT2D eigenvalue weighted by molar-refractivity contribution is -0.138. The number of oxazole rings is 1. The minimum Gasteiger partial charge on any atom is -0.493 e. The number of hydrogen-bond acceptors (Lipinski definition) is 6. The Morgan fingerprint density at radius 2 is 1.45 bits per heavy atom. The van der Waals surface area contributed by atoms with E-state index in [9.17, 15) is 9.90 Å². The predicted molar refractivity (Wildman–Crippen MR) is 164 cm³/mol. The Kier molecular flexibility index (Phi) is 10.5. The molecule has 5 aromatic rings. The first-order chi connectivity index (χ1) is 20.0. The molecule has 1 N–H and O–H groups in total. The first-order valence-electron chi connectivity index (χ1n) is 13.5. The number of aliphatic carboxylic acids is 1. The van der Waals surface area contributed by atoms with Gasteiger partial charge in [-0.25, -0.2) is 4.98 Å². The van der Waals surface area contributed by atoms with Crippen molar-refractivity contribution < 1.29 is 23.8 Å². The third kappa shape index (κ3) is 8.56. The second-order valence-electron chi connectivity index (χ2n) is 9.73. The lowest BCUT2D eigenvalue weighted by Crippen LogP contribution is -2.29. The fourth-order valence-electron chi connectivity index (χ4n) is 4.53. The van der Waals surface area contributed by atoms with E-state index < -0.39 is 5.97 Å². The van der Waals surface area contributed by atoms with Gasteiger partial charge in [0.1, 0.15) is 23.0 Å². The Bertz CT molecular complexity index is 1550. The molecule has 0 radical (unpaired) electrons. The predicted octanol–water partition coefficient (Wildman–Crippen LogP) is 7.79. The van der Waals surface area contributed by atoms with Crippen molar-refractivity contribution in [3.63, 3.8) is 0 Å². The van der Waals surface area contributed by atoms with Crippen LogP contribution >= 0.6 is 0 Å². The van der Waals surface area contributed by atoms with E-state index in [0.29, 0.717) is 32.0 Å². The molecule has 0 atom stereocenters. The molecule has 0 aliphatic carbocycles. The Labute approximate surface area is 247 Å². The highest BCUT2D eigenvalue weighted by molar-refractivity contribution is 5.69. The molecule has 0 bridgehead atoms. The largest absolute Gasteiger partial charge is 0.493 e. The summed E-state index contributed by atoms with van der Waals surface area (Å²) in [5.41, 5.74) is 3.78. The highest BCUT2D eigenvalue weighted by atomic mass is 16.5. The van der Waals surface area contributed by atoms with Crippen molar-refractivity contribution >= 4 is 5.97 Å². The van der Waals surface area contributed by atoms with E-state index in [1.165, 1.54) is 0 Å². The van der Waals surface area contributed by atoms with Gasteiger partial charge in [-0.2, -0.15) is 0 Å². The lowest BCUT2D eigenvalue weighted by Gasteiger charge is -2.21. The molecule has 0 aliphatic heterocycles. The number of ether oxygens (including phenoxy) is 2. The molecule has 4 aromatic carbocycles. The van der Waals surface area contributed by atoms with Crippen LogP contribution in [0.5, 0.6) is 17.2 Å². The number of para-hydroxylation sites is 1. The third-order valence-electron chi connectivity index (χ3n) is 6.49. The monoisotopic (exact) mass is 564 g/mol. The van der Waals surface area contributed by atoms with Crippen molar-refractivity contribution in [2.75, 3.05) is 13.2 Å². The lowest BCUT2D eigenvalue weighted by atomic mass is 10.1. The summed E-state index contributed by atoms with van der Waals surface area (Å²) in [6, 6.07) is 34.9. The molecule has 0 spiro atoms. The molecule has 1 heterocycles. The van der Waals surface area contributed by atoms with Crippen LogP contribution in [0.25, 0.3) is 11.5 Å². The van der Waals surface area contributed by atoms with Gasteiger partial charge in [0, 0.05) is 25.1 Å². The second-order valence-corrected chi connectivity index (χ2v) is 9.73. The molecule has 7 nitrogen and oxygen atoms in total. The summed E-state index contributed by atoms with van der Waals surface area (Å²) in [5.74, 6) is 2.74. The number of carboxylic acid groups (broad SMARTS) is 1. The third-order valence-corrected chi connectivity index (χ3v) is 6.49. The van der Waals surface area contributed by atoms with E-state index in [1.54, 1.807) is 0 Å². The summed E-state index contributed by atoms with van der Waals surface area (Å²) >= 11 is 0. The fraction of sp³-hybridized carbons (Fsp3) is 0.200. The number of aryl methyl sites for hydroxylation is 1. The second kappa shape index (κ2) is 14.7. The average molecular weight is 565 g/mol. The van der Waals surface area contributed by atoms with Crippen LogP contribution in [0.3, 0.4) is 0 Å². The molecule has 0 amide bonds. The van der Waals surface area contributed by atoms with Crippen molar-refractivity contribution in [2.24, 2.45) is 0 Å². The zero-order chi connectivity index (χ0) is 28.4. The van der Waals surface area contributed by atoms with E-state index >= 15 is 0 Å². The quantitative estimate of drug-likeness (QED) is 0.156.